The van der Waals surface area contributed by atoms with Gasteiger partial charge in [-0.1, -0.05) is 13.8 Å². The molecule has 0 saturated carbocycles. The molecule has 1 unspecified atom stereocenters. The molecule has 0 aromatic heterocycles. The van der Waals surface area contributed by atoms with Crippen LogP contribution in [0.3, 0.4) is 0 Å². The first-order valence-corrected chi connectivity index (χ1v) is 5.03. The third-order valence-corrected chi connectivity index (χ3v) is 2.20. The summed E-state index contributed by atoms with van der Waals surface area (Å²) in [6.45, 7) is 6.19. The van der Waals surface area contributed by atoms with Crippen LogP contribution in [0.25, 0.3) is 0 Å². The molecular formula is C10H20N2O3. The Bertz CT molecular complexity index is 229. The van der Waals surface area contributed by atoms with Crippen molar-refractivity contribution in [3.8, 4) is 0 Å². The fourth-order valence-corrected chi connectivity index (χ4v) is 1.53. The normalized spacial score (nSPS) is 12.9. The largest absolute Gasteiger partial charge is 0.480 e. The van der Waals surface area contributed by atoms with Gasteiger partial charge >= 0.3 is 5.97 Å². The van der Waals surface area contributed by atoms with E-state index in [4.69, 9.17) is 5.11 Å². The van der Waals surface area contributed by atoms with Crippen molar-refractivity contribution in [2.24, 2.45) is 5.92 Å². The summed E-state index contributed by atoms with van der Waals surface area (Å²) in [6, 6.07) is -0.501. The van der Waals surface area contributed by atoms with Crippen LogP contribution in [0.1, 0.15) is 20.8 Å². The topological polar surface area (TPSA) is 69.6 Å². The third-order valence-electron chi connectivity index (χ3n) is 2.20. The minimum absolute atomic E-state index is 0.0461. The maximum atomic E-state index is 11.0. The minimum Gasteiger partial charge on any atom is -0.480 e. The number of hydrogen-bond acceptors (Lipinski definition) is 3. The van der Waals surface area contributed by atoms with E-state index < -0.39 is 12.0 Å². The molecule has 1 atom stereocenters. The van der Waals surface area contributed by atoms with E-state index in [1.54, 1.807) is 11.9 Å². The predicted molar refractivity (Wildman–Crippen MR) is 57.6 cm³/mol. The van der Waals surface area contributed by atoms with E-state index in [9.17, 15) is 9.59 Å². The van der Waals surface area contributed by atoms with Gasteiger partial charge in [0.05, 0.1) is 0 Å². The van der Waals surface area contributed by atoms with Gasteiger partial charge in [-0.3, -0.25) is 14.5 Å². The molecule has 0 radical (unpaired) electrons. The molecule has 0 aromatic carbocycles. The average Bonchev–Trinajstić information content (AvgIpc) is 2.01. The zero-order chi connectivity index (χ0) is 12.0. The number of nitrogens with one attached hydrogen (secondary N) is 1. The first-order valence-electron chi connectivity index (χ1n) is 5.03. The molecule has 88 valence electrons. The van der Waals surface area contributed by atoms with Crippen LogP contribution in [0, 0.1) is 5.92 Å². The Morgan fingerprint density at radius 1 is 1.40 bits per heavy atom. The van der Waals surface area contributed by atoms with E-state index in [2.05, 4.69) is 5.32 Å². The van der Waals surface area contributed by atoms with Gasteiger partial charge in [0.1, 0.15) is 6.04 Å². The average molecular weight is 216 g/mol. The fourth-order valence-electron chi connectivity index (χ4n) is 1.53. The standard InChI is InChI=1S/C10H20N2O3/c1-7(2)9(10(14)15)12(4)6-5-11-8(3)13/h7,9H,5-6H2,1-4H3,(H,11,13)(H,14,15). The second-order valence-corrected chi connectivity index (χ2v) is 3.99. The zero-order valence-corrected chi connectivity index (χ0v) is 9.78. The van der Waals surface area contributed by atoms with E-state index in [1.807, 2.05) is 13.8 Å². The number of aliphatic carboxylic acids is 1. The molecule has 2 N–H and O–H groups in total. The number of carboxylic acid groups (broad SMARTS) is 1. The molecule has 5 heteroatoms. The molecule has 0 aliphatic heterocycles. The van der Waals surface area contributed by atoms with Crippen molar-refractivity contribution < 1.29 is 14.7 Å². The van der Waals surface area contributed by atoms with Gasteiger partial charge < -0.3 is 10.4 Å². The molecule has 0 aliphatic carbocycles. The SMILES string of the molecule is CC(=O)NCCN(C)C(C(=O)O)C(C)C. The number of nitrogens with zero attached hydrogens (tertiary/aromatic N) is 1. The molecule has 5 nitrogen and oxygen atoms in total. The Balaban J connectivity index is 4.09. The first-order chi connectivity index (χ1) is 6.86. The van der Waals surface area contributed by atoms with Gasteiger partial charge in [-0.15, -0.1) is 0 Å². The van der Waals surface area contributed by atoms with Crippen molar-refractivity contribution in [2.75, 3.05) is 20.1 Å². The lowest BCUT2D eigenvalue weighted by Crippen LogP contribution is -2.45. The Hall–Kier alpha value is -1.10. The Kier molecular flexibility index (Phi) is 5.93. The van der Waals surface area contributed by atoms with Crippen LogP contribution in [0.15, 0.2) is 0 Å². The molecule has 0 rings (SSSR count). The molecule has 0 saturated heterocycles. The van der Waals surface area contributed by atoms with Crippen molar-refractivity contribution in [2.45, 2.75) is 26.8 Å². The summed E-state index contributed by atoms with van der Waals surface area (Å²) < 4.78 is 0. The molecule has 0 spiro atoms. The number of amides is 1. The lowest BCUT2D eigenvalue weighted by Gasteiger charge is -2.27. The number of carbonyl (C=O) groups is 2. The van der Waals surface area contributed by atoms with E-state index in [1.165, 1.54) is 6.92 Å². The minimum atomic E-state index is -0.824. The van der Waals surface area contributed by atoms with Crippen molar-refractivity contribution in [1.29, 1.82) is 0 Å². The van der Waals surface area contributed by atoms with E-state index in [0.717, 1.165) is 0 Å². The quantitative estimate of drug-likeness (QED) is 0.663. The van der Waals surface area contributed by atoms with Gasteiger partial charge in [-0.05, 0) is 13.0 Å². The van der Waals surface area contributed by atoms with Crippen LogP contribution >= 0.6 is 0 Å². The van der Waals surface area contributed by atoms with Crippen LogP contribution in [-0.4, -0.2) is 48.1 Å². The zero-order valence-electron chi connectivity index (χ0n) is 9.78. The second kappa shape index (κ2) is 6.40. The Morgan fingerprint density at radius 3 is 2.27 bits per heavy atom. The van der Waals surface area contributed by atoms with Crippen molar-refractivity contribution >= 4 is 11.9 Å². The number of hydrogen-bond donors (Lipinski definition) is 2. The molecule has 0 fully saturated rings. The summed E-state index contributed by atoms with van der Waals surface area (Å²) in [7, 11) is 1.75. The number of rotatable bonds is 6. The summed E-state index contributed by atoms with van der Waals surface area (Å²) in [5.74, 6) is -0.875. The van der Waals surface area contributed by atoms with Crippen LogP contribution in [-0.2, 0) is 9.59 Å². The highest BCUT2D eigenvalue weighted by atomic mass is 16.4. The summed E-state index contributed by atoms with van der Waals surface area (Å²) in [5.41, 5.74) is 0. The highest BCUT2D eigenvalue weighted by Crippen LogP contribution is 2.08. The van der Waals surface area contributed by atoms with Gasteiger partial charge in [0.2, 0.25) is 5.91 Å². The summed E-state index contributed by atoms with van der Waals surface area (Å²) in [4.78, 5) is 23.3. The molecule has 15 heavy (non-hydrogen) atoms. The van der Waals surface area contributed by atoms with Gasteiger partial charge in [0.15, 0.2) is 0 Å². The summed E-state index contributed by atoms with van der Waals surface area (Å²) in [6.07, 6.45) is 0. The molecule has 1 amide bonds. The van der Waals surface area contributed by atoms with Gasteiger partial charge in [-0.2, -0.15) is 0 Å². The lowest BCUT2D eigenvalue weighted by molar-refractivity contribution is -0.144. The van der Waals surface area contributed by atoms with Crippen molar-refractivity contribution in [3.63, 3.8) is 0 Å². The summed E-state index contributed by atoms with van der Waals surface area (Å²) in [5, 5.41) is 11.6. The highest BCUT2D eigenvalue weighted by Gasteiger charge is 2.25. The molecule has 0 aromatic rings. The molecule has 0 heterocycles. The van der Waals surface area contributed by atoms with Crippen molar-refractivity contribution in [3.05, 3.63) is 0 Å². The van der Waals surface area contributed by atoms with Crippen LogP contribution in [0.4, 0.5) is 0 Å². The number of carboxylic acids is 1. The lowest BCUT2D eigenvalue weighted by atomic mass is 10.0. The first kappa shape index (κ1) is 13.9. The molecular weight excluding hydrogens is 196 g/mol. The summed E-state index contributed by atoms with van der Waals surface area (Å²) >= 11 is 0. The fraction of sp³-hybridized carbons (Fsp3) is 0.800. The van der Waals surface area contributed by atoms with Crippen LogP contribution in [0.5, 0.6) is 0 Å². The van der Waals surface area contributed by atoms with Crippen LogP contribution < -0.4 is 5.32 Å². The van der Waals surface area contributed by atoms with E-state index in [-0.39, 0.29) is 11.8 Å². The Morgan fingerprint density at radius 2 is 1.93 bits per heavy atom. The molecule has 0 bridgehead atoms. The maximum Gasteiger partial charge on any atom is 0.321 e. The maximum absolute atomic E-state index is 11.0. The smallest absolute Gasteiger partial charge is 0.321 e. The van der Waals surface area contributed by atoms with Crippen molar-refractivity contribution in [1.82, 2.24) is 10.2 Å². The van der Waals surface area contributed by atoms with E-state index in [0.29, 0.717) is 13.1 Å². The monoisotopic (exact) mass is 216 g/mol. The third kappa shape index (κ3) is 5.37. The van der Waals surface area contributed by atoms with Crippen LogP contribution in [0.2, 0.25) is 0 Å². The number of carbonyl (C=O) groups excluding carboxylic acids is 1. The van der Waals surface area contributed by atoms with Gasteiger partial charge in [-0.25, -0.2) is 0 Å². The van der Waals surface area contributed by atoms with Gasteiger partial charge in [0, 0.05) is 20.0 Å². The number of likely N-dealkylation sites (N-methyl/N-ethyl adjacent to an activating group) is 1. The highest BCUT2D eigenvalue weighted by molar-refractivity contribution is 5.74. The predicted octanol–water partition coefficient (Wildman–Crippen LogP) is 0.164. The second-order valence-electron chi connectivity index (χ2n) is 3.99. The van der Waals surface area contributed by atoms with Gasteiger partial charge in [0.25, 0.3) is 0 Å². The molecule has 0 aliphatic rings. The van der Waals surface area contributed by atoms with E-state index >= 15 is 0 Å². The Labute approximate surface area is 90.5 Å².